The van der Waals surface area contributed by atoms with Gasteiger partial charge in [0.15, 0.2) is 0 Å². The van der Waals surface area contributed by atoms with Crippen molar-refractivity contribution in [3.8, 4) is 0 Å². The number of hydrogen-bond donors (Lipinski definition) is 1. The van der Waals surface area contributed by atoms with E-state index in [9.17, 15) is 0 Å². The molecule has 18 heavy (non-hydrogen) atoms. The van der Waals surface area contributed by atoms with E-state index in [4.69, 9.17) is 15.2 Å². The van der Waals surface area contributed by atoms with Crippen LogP contribution in [-0.4, -0.2) is 31.0 Å². The largest absolute Gasteiger partial charge is 0.376 e. The van der Waals surface area contributed by atoms with Crippen molar-refractivity contribution in [3.63, 3.8) is 0 Å². The molecule has 0 radical (unpaired) electrons. The van der Waals surface area contributed by atoms with Crippen molar-refractivity contribution in [1.82, 2.24) is 0 Å². The van der Waals surface area contributed by atoms with Crippen LogP contribution in [0.1, 0.15) is 58.8 Å². The summed E-state index contributed by atoms with van der Waals surface area (Å²) in [5, 5.41) is 0. The number of rotatable bonds is 4. The van der Waals surface area contributed by atoms with Crippen LogP contribution in [0.4, 0.5) is 0 Å². The molecule has 2 N–H and O–H groups in total. The van der Waals surface area contributed by atoms with Crippen LogP contribution >= 0.6 is 0 Å². The SMILES string of the molecule is CC1CC(OCC(N)C2CCCCC2)CC(C)O1. The zero-order valence-electron chi connectivity index (χ0n) is 11.9. The highest BCUT2D eigenvalue weighted by atomic mass is 16.5. The highest BCUT2D eigenvalue weighted by Gasteiger charge is 2.27. The molecule has 0 amide bonds. The Morgan fingerprint density at radius 2 is 1.72 bits per heavy atom. The fourth-order valence-corrected chi connectivity index (χ4v) is 3.43. The highest BCUT2D eigenvalue weighted by molar-refractivity contribution is 4.78. The molecule has 0 bridgehead atoms. The van der Waals surface area contributed by atoms with Crippen molar-refractivity contribution in [2.24, 2.45) is 11.7 Å². The molecule has 1 heterocycles. The predicted octanol–water partition coefficient (Wildman–Crippen LogP) is 2.87. The normalized spacial score (nSPS) is 36.5. The van der Waals surface area contributed by atoms with Gasteiger partial charge < -0.3 is 15.2 Å². The molecule has 2 aliphatic rings. The molecule has 3 unspecified atom stereocenters. The second kappa shape index (κ2) is 6.88. The lowest BCUT2D eigenvalue weighted by atomic mass is 9.84. The smallest absolute Gasteiger partial charge is 0.0625 e. The standard InChI is InChI=1S/C15H29NO2/c1-11-8-14(9-12(2)18-11)17-10-15(16)13-6-4-3-5-7-13/h11-15H,3-10,16H2,1-2H3. The van der Waals surface area contributed by atoms with Crippen LogP contribution in [0.25, 0.3) is 0 Å². The summed E-state index contributed by atoms with van der Waals surface area (Å²) in [6.45, 7) is 4.99. The second-order valence-electron chi connectivity index (χ2n) is 6.25. The molecule has 2 rings (SSSR count). The molecule has 2 fully saturated rings. The van der Waals surface area contributed by atoms with Gasteiger partial charge in [-0.1, -0.05) is 19.3 Å². The van der Waals surface area contributed by atoms with E-state index < -0.39 is 0 Å². The van der Waals surface area contributed by atoms with Crippen LogP contribution in [-0.2, 0) is 9.47 Å². The molecule has 1 aliphatic heterocycles. The molecule has 106 valence electrons. The van der Waals surface area contributed by atoms with Crippen molar-refractivity contribution in [2.75, 3.05) is 6.61 Å². The van der Waals surface area contributed by atoms with Crippen molar-refractivity contribution in [1.29, 1.82) is 0 Å². The van der Waals surface area contributed by atoms with Gasteiger partial charge in [-0.3, -0.25) is 0 Å². The van der Waals surface area contributed by atoms with Gasteiger partial charge in [0.2, 0.25) is 0 Å². The Labute approximate surface area is 111 Å². The van der Waals surface area contributed by atoms with Gasteiger partial charge in [-0.15, -0.1) is 0 Å². The molecule has 0 aromatic carbocycles. The first kappa shape index (κ1) is 14.3. The van der Waals surface area contributed by atoms with Gasteiger partial charge in [-0.2, -0.15) is 0 Å². The quantitative estimate of drug-likeness (QED) is 0.840. The Bertz CT molecular complexity index is 231. The van der Waals surface area contributed by atoms with E-state index in [0.29, 0.717) is 24.2 Å². The Balaban J connectivity index is 1.69. The van der Waals surface area contributed by atoms with Gasteiger partial charge in [0.25, 0.3) is 0 Å². The van der Waals surface area contributed by atoms with Crippen molar-refractivity contribution >= 4 is 0 Å². The van der Waals surface area contributed by atoms with Gasteiger partial charge in [-0.25, -0.2) is 0 Å². The van der Waals surface area contributed by atoms with Crippen molar-refractivity contribution < 1.29 is 9.47 Å². The third-order valence-corrected chi connectivity index (χ3v) is 4.43. The summed E-state index contributed by atoms with van der Waals surface area (Å²) in [7, 11) is 0. The molecule has 1 saturated carbocycles. The second-order valence-corrected chi connectivity index (χ2v) is 6.25. The average Bonchev–Trinajstić information content (AvgIpc) is 2.36. The van der Waals surface area contributed by atoms with E-state index in [1.54, 1.807) is 0 Å². The van der Waals surface area contributed by atoms with Gasteiger partial charge in [-0.05, 0) is 45.4 Å². The Hall–Kier alpha value is -0.120. The fraction of sp³-hybridized carbons (Fsp3) is 1.00. The number of hydrogen-bond acceptors (Lipinski definition) is 3. The van der Waals surface area contributed by atoms with E-state index in [-0.39, 0.29) is 6.04 Å². The van der Waals surface area contributed by atoms with Crippen LogP contribution in [0.15, 0.2) is 0 Å². The van der Waals surface area contributed by atoms with E-state index >= 15 is 0 Å². The number of nitrogens with two attached hydrogens (primary N) is 1. The molecule has 0 aromatic rings. The van der Waals surface area contributed by atoms with Crippen LogP contribution in [0.2, 0.25) is 0 Å². The predicted molar refractivity (Wildman–Crippen MR) is 73.5 cm³/mol. The fourth-order valence-electron chi connectivity index (χ4n) is 3.43. The summed E-state index contributed by atoms with van der Waals surface area (Å²) in [5.41, 5.74) is 6.28. The lowest BCUT2D eigenvalue weighted by molar-refractivity contribution is -0.105. The van der Waals surface area contributed by atoms with Crippen LogP contribution in [0.5, 0.6) is 0 Å². The van der Waals surface area contributed by atoms with Crippen molar-refractivity contribution in [2.45, 2.75) is 83.1 Å². The summed E-state index contributed by atoms with van der Waals surface area (Å²) in [6.07, 6.45) is 9.71. The van der Waals surface area contributed by atoms with E-state index in [0.717, 1.165) is 19.4 Å². The maximum Gasteiger partial charge on any atom is 0.0625 e. The molecule has 1 saturated heterocycles. The molecule has 3 heteroatoms. The van der Waals surface area contributed by atoms with Crippen LogP contribution in [0.3, 0.4) is 0 Å². The lowest BCUT2D eigenvalue weighted by Gasteiger charge is -2.34. The lowest BCUT2D eigenvalue weighted by Crippen LogP contribution is -2.40. The Morgan fingerprint density at radius 3 is 2.33 bits per heavy atom. The molecular weight excluding hydrogens is 226 g/mol. The Kier molecular flexibility index (Phi) is 5.46. The van der Waals surface area contributed by atoms with Gasteiger partial charge in [0, 0.05) is 6.04 Å². The summed E-state index contributed by atoms with van der Waals surface area (Å²) >= 11 is 0. The van der Waals surface area contributed by atoms with Crippen LogP contribution in [0, 0.1) is 5.92 Å². The summed E-state index contributed by atoms with van der Waals surface area (Å²) in [4.78, 5) is 0. The van der Waals surface area contributed by atoms with Gasteiger partial charge in [0.1, 0.15) is 0 Å². The first-order valence-electron chi connectivity index (χ1n) is 7.67. The zero-order chi connectivity index (χ0) is 13.0. The van der Waals surface area contributed by atoms with E-state index in [1.807, 2.05) is 0 Å². The summed E-state index contributed by atoms with van der Waals surface area (Å²) in [6, 6.07) is 0.235. The highest BCUT2D eigenvalue weighted by Crippen LogP contribution is 2.27. The first-order valence-corrected chi connectivity index (χ1v) is 7.67. The average molecular weight is 255 g/mol. The minimum atomic E-state index is 0.235. The number of ether oxygens (including phenoxy) is 2. The molecule has 0 aromatic heterocycles. The van der Waals surface area contributed by atoms with Gasteiger partial charge in [0.05, 0.1) is 24.9 Å². The minimum Gasteiger partial charge on any atom is -0.376 e. The topological polar surface area (TPSA) is 44.5 Å². The molecule has 3 nitrogen and oxygen atoms in total. The summed E-state index contributed by atoms with van der Waals surface area (Å²) in [5.74, 6) is 0.688. The minimum absolute atomic E-state index is 0.235. The maximum atomic E-state index is 6.28. The van der Waals surface area contributed by atoms with Crippen molar-refractivity contribution in [3.05, 3.63) is 0 Å². The molecule has 0 spiro atoms. The Morgan fingerprint density at radius 1 is 1.11 bits per heavy atom. The first-order chi connectivity index (χ1) is 8.65. The molecule has 3 atom stereocenters. The maximum absolute atomic E-state index is 6.28. The third-order valence-electron chi connectivity index (χ3n) is 4.43. The molecular formula is C15H29NO2. The van der Waals surface area contributed by atoms with Gasteiger partial charge >= 0.3 is 0 Å². The summed E-state index contributed by atoms with van der Waals surface area (Å²) < 4.78 is 11.8. The zero-order valence-corrected chi connectivity index (χ0v) is 11.9. The van der Waals surface area contributed by atoms with E-state index in [2.05, 4.69) is 13.8 Å². The monoisotopic (exact) mass is 255 g/mol. The molecule has 1 aliphatic carbocycles. The van der Waals surface area contributed by atoms with E-state index in [1.165, 1.54) is 32.1 Å². The van der Waals surface area contributed by atoms with Crippen LogP contribution < -0.4 is 5.73 Å². The third kappa shape index (κ3) is 4.22.